The monoisotopic (exact) mass is 298 g/mol. The molecule has 1 heterocycles. The lowest BCUT2D eigenvalue weighted by atomic mass is 10.0. The zero-order valence-corrected chi connectivity index (χ0v) is 13.7. The van der Waals surface area contributed by atoms with Crippen LogP contribution in [0.25, 0.3) is 0 Å². The Morgan fingerprint density at radius 3 is 2.60 bits per heavy atom. The van der Waals surface area contributed by atoms with Gasteiger partial charge >= 0.3 is 5.97 Å². The van der Waals surface area contributed by atoms with E-state index in [1.54, 1.807) is 18.3 Å². The maximum atomic E-state index is 10.7. The molecule has 0 aliphatic heterocycles. The van der Waals surface area contributed by atoms with Crippen molar-refractivity contribution in [1.82, 2.24) is 10.3 Å². The summed E-state index contributed by atoms with van der Waals surface area (Å²) in [6.45, 7) is 9.01. The summed E-state index contributed by atoms with van der Waals surface area (Å²) in [5.74, 6) is -0.452. The van der Waals surface area contributed by atoms with Crippen LogP contribution >= 0.6 is 11.3 Å². The first-order valence-corrected chi connectivity index (χ1v) is 8.18. The van der Waals surface area contributed by atoms with Gasteiger partial charge in [0.15, 0.2) is 0 Å². The van der Waals surface area contributed by atoms with Crippen molar-refractivity contribution in [3.63, 3.8) is 0 Å². The molecule has 2 unspecified atom stereocenters. The Labute approximate surface area is 125 Å². The van der Waals surface area contributed by atoms with Crippen LogP contribution in [0, 0.1) is 5.92 Å². The second-order valence-corrected chi connectivity index (χ2v) is 6.67. The third-order valence-electron chi connectivity index (χ3n) is 3.39. The number of hydrogen-bond donors (Lipinski definition) is 2. The number of hydrogen-bond acceptors (Lipinski definition) is 4. The van der Waals surface area contributed by atoms with E-state index in [1.165, 1.54) is 5.01 Å². The highest BCUT2D eigenvalue weighted by atomic mass is 32.1. The number of carboxylic acid groups (broad SMARTS) is 1. The number of aromatic nitrogens is 1. The molecule has 114 valence electrons. The highest BCUT2D eigenvalue weighted by Crippen LogP contribution is 2.19. The summed E-state index contributed by atoms with van der Waals surface area (Å²) in [7, 11) is 0. The van der Waals surface area contributed by atoms with Crippen molar-refractivity contribution in [2.45, 2.75) is 65.5 Å². The fourth-order valence-corrected chi connectivity index (χ4v) is 2.74. The number of carboxylic acids is 1. The number of aliphatic carboxylic acids is 1. The Morgan fingerprint density at radius 2 is 2.05 bits per heavy atom. The van der Waals surface area contributed by atoms with Gasteiger partial charge in [-0.05, 0) is 19.8 Å². The van der Waals surface area contributed by atoms with E-state index in [0.717, 1.165) is 31.5 Å². The molecule has 1 rings (SSSR count). The lowest BCUT2D eigenvalue weighted by Crippen LogP contribution is -2.25. The SMILES string of the molecule is CC(CCCC(C)C(=O)O)NCc1csc(C(C)C)n1. The molecular formula is C15H26N2O2S. The normalized spacial score (nSPS) is 14.4. The molecule has 0 saturated carbocycles. The van der Waals surface area contributed by atoms with Gasteiger partial charge in [0.2, 0.25) is 0 Å². The zero-order valence-electron chi connectivity index (χ0n) is 12.8. The van der Waals surface area contributed by atoms with Gasteiger partial charge in [0.05, 0.1) is 16.6 Å². The van der Waals surface area contributed by atoms with Gasteiger partial charge in [0.1, 0.15) is 0 Å². The molecule has 0 fully saturated rings. The molecule has 0 radical (unpaired) electrons. The van der Waals surface area contributed by atoms with Crippen molar-refractivity contribution < 1.29 is 9.90 Å². The van der Waals surface area contributed by atoms with Crippen LogP contribution in [0.15, 0.2) is 5.38 Å². The highest BCUT2D eigenvalue weighted by Gasteiger charge is 2.11. The van der Waals surface area contributed by atoms with E-state index in [1.807, 2.05) is 0 Å². The zero-order chi connectivity index (χ0) is 15.1. The minimum atomic E-state index is -0.700. The summed E-state index contributed by atoms with van der Waals surface area (Å²) in [6.07, 6.45) is 2.68. The molecule has 2 atom stereocenters. The molecule has 0 aliphatic rings. The Balaban J connectivity index is 2.22. The van der Waals surface area contributed by atoms with Gasteiger partial charge in [0, 0.05) is 23.9 Å². The van der Waals surface area contributed by atoms with E-state index < -0.39 is 5.97 Å². The molecule has 1 aromatic rings. The minimum Gasteiger partial charge on any atom is -0.481 e. The smallest absolute Gasteiger partial charge is 0.306 e. The van der Waals surface area contributed by atoms with Crippen molar-refractivity contribution >= 4 is 17.3 Å². The molecule has 20 heavy (non-hydrogen) atoms. The molecule has 0 amide bonds. The quantitative estimate of drug-likeness (QED) is 0.730. The molecule has 0 spiro atoms. The average Bonchev–Trinajstić information content (AvgIpc) is 2.85. The van der Waals surface area contributed by atoms with E-state index >= 15 is 0 Å². The van der Waals surface area contributed by atoms with Crippen molar-refractivity contribution in [3.8, 4) is 0 Å². The second kappa shape index (κ2) is 8.37. The molecule has 2 N–H and O–H groups in total. The van der Waals surface area contributed by atoms with Gasteiger partial charge in [-0.3, -0.25) is 4.79 Å². The van der Waals surface area contributed by atoms with Crippen molar-refractivity contribution in [1.29, 1.82) is 0 Å². The van der Waals surface area contributed by atoms with Crippen LogP contribution in [-0.4, -0.2) is 22.1 Å². The van der Waals surface area contributed by atoms with Gasteiger partial charge < -0.3 is 10.4 Å². The first kappa shape index (κ1) is 17.1. The van der Waals surface area contributed by atoms with Gasteiger partial charge in [-0.2, -0.15) is 0 Å². The van der Waals surface area contributed by atoms with Gasteiger partial charge in [0.25, 0.3) is 0 Å². The number of thiazole rings is 1. The molecule has 4 nitrogen and oxygen atoms in total. The van der Waals surface area contributed by atoms with E-state index in [4.69, 9.17) is 5.11 Å². The summed E-state index contributed by atoms with van der Waals surface area (Å²) in [4.78, 5) is 15.3. The topological polar surface area (TPSA) is 62.2 Å². The van der Waals surface area contributed by atoms with E-state index in [-0.39, 0.29) is 5.92 Å². The summed E-state index contributed by atoms with van der Waals surface area (Å²) in [6, 6.07) is 0.389. The summed E-state index contributed by atoms with van der Waals surface area (Å²) in [5.41, 5.74) is 1.10. The first-order chi connectivity index (χ1) is 9.40. The van der Waals surface area contributed by atoms with Gasteiger partial charge in [-0.25, -0.2) is 4.98 Å². The third kappa shape index (κ3) is 6.01. The predicted octanol–water partition coefficient (Wildman–Crippen LogP) is 3.64. The number of nitrogens with zero attached hydrogens (tertiary/aromatic N) is 1. The van der Waals surface area contributed by atoms with Crippen molar-refractivity contribution in [2.24, 2.45) is 5.92 Å². The number of nitrogens with one attached hydrogen (secondary N) is 1. The Hall–Kier alpha value is -0.940. The first-order valence-electron chi connectivity index (χ1n) is 7.30. The fraction of sp³-hybridized carbons (Fsp3) is 0.733. The van der Waals surface area contributed by atoms with Crippen LogP contribution in [-0.2, 0) is 11.3 Å². The lowest BCUT2D eigenvalue weighted by Gasteiger charge is -2.13. The molecule has 0 aliphatic carbocycles. The molecule has 5 heteroatoms. The molecule has 0 saturated heterocycles. The fourth-order valence-electron chi connectivity index (χ4n) is 1.90. The second-order valence-electron chi connectivity index (χ2n) is 5.78. The third-order valence-corrected chi connectivity index (χ3v) is 4.59. The van der Waals surface area contributed by atoms with Crippen LogP contribution in [0.1, 0.15) is 63.6 Å². The maximum absolute atomic E-state index is 10.7. The Kier molecular flexibility index (Phi) is 7.16. The standard InChI is InChI=1S/C15H26N2O2S/c1-10(2)14-17-13(9-20-14)8-16-12(4)7-5-6-11(3)15(18)19/h9-12,16H,5-8H2,1-4H3,(H,18,19). The number of rotatable bonds is 9. The van der Waals surface area contributed by atoms with Crippen LogP contribution in [0.5, 0.6) is 0 Å². The van der Waals surface area contributed by atoms with Crippen LogP contribution in [0.4, 0.5) is 0 Å². The van der Waals surface area contributed by atoms with Gasteiger partial charge in [-0.1, -0.05) is 27.2 Å². The minimum absolute atomic E-state index is 0.241. The molecule has 0 bridgehead atoms. The van der Waals surface area contributed by atoms with Crippen molar-refractivity contribution in [2.75, 3.05) is 0 Å². The molecule has 1 aromatic heterocycles. The summed E-state index contributed by atoms with van der Waals surface area (Å²) >= 11 is 1.72. The Morgan fingerprint density at radius 1 is 1.35 bits per heavy atom. The predicted molar refractivity (Wildman–Crippen MR) is 83.2 cm³/mol. The molecular weight excluding hydrogens is 272 g/mol. The van der Waals surface area contributed by atoms with E-state index in [2.05, 4.69) is 36.5 Å². The maximum Gasteiger partial charge on any atom is 0.306 e. The number of carbonyl (C=O) groups is 1. The average molecular weight is 298 g/mol. The van der Waals surface area contributed by atoms with Crippen LogP contribution < -0.4 is 5.32 Å². The van der Waals surface area contributed by atoms with Crippen LogP contribution in [0.3, 0.4) is 0 Å². The molecule has 0 aromatic carbocycles. The highest BCUT2D eigenvalue weighted by molar-refractivity contribution is 7.09. The van der Waals surface area contributed by atoms with Crippen LogP contribution in [0.2, 0.25) is 0 Å². The van der Waals surface area contributed by atoms with E-state index in [0.29, 0.717) is 12.0 Å². The Bertz CT molecular complexity index is 418. The summed E-state index contributed by atoms with van der Waals surface area (Å²) in [5, 5.41) is 15.6. The summed E-state index contributed by atoms with van der Waals surface area (Å²) < 4.78 is 0. The largest absolute Gasteiger partial charge is 0.481 e. The van der Waals surface area contributed by atoms with E-state index in [9.17, 15) is 4.79 Å². The lowest BCUT2D eigenvalue weighted by molar-refractivity contribution is -0.141. The van der Waals surface area contributed by atoms with Crippen molar-refractivity contribution in [3.05, 3.63) is 16.1 Å². The van der Waals surface area contributed by atoms with Gasteiger partial charge in [-0.15, -0.1) is 11.3 Å².